The molecule has 5 heteroatoms. The minimum Gasteiger partial charge on any atom is -0.376 e. The lowest BCUT2D eigenvalue weighted by Gasteiger charge is -2.02. The number of halogens is 1. The Balaban J connectivity index is 1.90. The van der Waals surface area contributed by atoms with E-state index in [0.29, 0.717) is 6.42 Å². The van der Waals surface area contributed by atoms with Gasteiger partial charge in [-0.1, -0.05) is 39.3 Å². The smallest absolute Gasteiger partial charge is 0.218 e. The Morgan fingerprint density at radius 2 is 2.38 bits per heavy atom. The maximum absolute atomic E-state index is 8.65. The quantitative estimate of drug-likeness (QED) is 0.841. The van der Waals surface area contributed by atoms with Crippen LogP contribution in [0.15, 0.2) is 33.9 Å². The largest absolute Gasteiger partial charge is 0.376 e. The summed E-state index contributed by atoms with van der Waals surface area (Å²) in [5, 5.41) is 13.4. The van der Waals surface area contributed by atoms with Gasteiger partial charge in [-0.25, -0.2) is 0 Å². The van der Waals surface area contributed by atoms with Crippen molar-refractivity contribution < 1.29 is 4.84 Å². The van der Waals surface area contributed by atoms with Gasteiger partial charge < -0.3 is 4.84 Å². The van der Waals surface area contributed by atoms with Gasteiger partial charge in [0.15, 0.2) is 0 Å². The van der Waals surface area contributed by atoms with Crippen molar-refractivity contribution in [2.75, 3.05) is 0 Å². The molecule has 0 fully saturated rings. The molecule has 2 rings (SSSR count). The Hall–Kier alpha value is -0.990. The van der Waals surface area contributed by atoms with E-state index in [-0.39, 0.29) is 0 Å². The van der Waals surface area contributed by atoms with Crippen molar-refractivity contribution in [3.05, 3.63) is 34.3 Å². The third kappa shape index (κ3) is 2.77. The third-order valence-electron chi connectivity index (χ3n) is 2.14. The van der Waals surface area contributed by atoms with Crippen LogP contribution in [0, 0.1) is 11.3 Å². The predicted molar refractivity (Wildman–Crippen MR) is 68.0 cm³/mol. The molecular weight excluding hydrogens is 288 g/mol. The van der Waals surface area contributed by atoms with Crippen LogP contribution in [-0.4, -0.2) is 11.1 Å². The normalized spacial score (nSPS) is 18.8. The van der Waals surface area contributed by atoms with Crippen molar-refractivity contribution in [3.8, 4) is 6.07 Å². The molecule has 1 aromatic rings. The van der Waals surface area contributed by atoms with Gasteiger partial charge in [-0.2, -0.15) is 5.26 Å². The SMILES string of the molecule is N#CC1CC(SCc2ccccc2Br)=NO1. The minimum absolute atomic E-state index is 0.401. The van der Waals surface area contributed by atoms with Crippen LogP contribution in [0.5, 0.6) is 0 Å². The molecule has 0 amide bonds. The van der Waals surface area contributed by atoms with E-state index in [2.05, 4.69) is 27.2 Å². The lowest BCUT2D eigenvalue weighted by atomic mass is 10.2. The third-order valence-corrected chi connectivity index (χ3v) is 3.94. The van der Waals surface area contributed by atoms with E-state index in [1.54, 1.807) is 11.8 Å². The Kier molecular flexibility index (Phi) is 3.86. The molecule has 1 aromatic carbocycles. The van der Waals surface area contributed by atoms with Crippen molar-refractivity contribution >= 4 is 32.7 Å². The Labute approximate surface area is 107 Å². The van der Waals surface area contributed by atoms with Crippen molar-refractivity contribution in [2.24, 2.45) is 5.16 Å². The van der Waals surface area contributed by atoms with E-state index >= 15 is 0 Å². The summed E-state index contributed by atoms with van der Waals surface area (Å²) >= 11 is 5.11. The maximum Gasteiger partial charge on any atom is 0.218 e. The van der Waals surface area contributed by atoms with Gasteiger partial charge in [0, 0.05) is 10.2 Å². The van der Waals surface area contributed by atoms with Crippen LogP contribution >= 0.6 is 27.7 Å². The minimum atomic E-state index is -0.401. The zero-order chi connectivity index (χ0) is 11.4. The molecule has 0 N–H and O–H groups in total. The Morgan fingerprint density at radius 3 is 3.06 bits per heavy atom. The first-order valence-electron chi connectivity index (χ1n) is 4.78. The maximum atomic E-state index is 8.65. The van der Waals surface area contributed by atoms with Crippen LogP contribution in [0.2, 0.25) is 0 Å². The van der Waals surface area contributed by atoms with Gasteiger partial charge in [0.2, 0.25) is 6.10 Å². The first-order valence-corrected chi connectivity index (χ1v) is 6.56. The van der Waals surface area contributed by atoms with E-state index in [1.807, 2.05) is 24.3 Å². The summed E-state index contributed by atoms with van der Waals surface area (Å²) in [5.74, 6) is 0.835. The van der Waals surface area contributed by atoms with Crippen LogP contribution in [0.3, 0.4) is 0 Å². The van der Waals surface area contributed by atoms with Gasteiger partial charge in [0.1, 0.15) is 11.1 Å². The first-order chi connectivity index (χ1) is 7.79. The van der Waals surface area contributed by atoms with Crippen molar-refractivity contribution in [1.29, 1.82) is 5.26 Å². The van der Waals surface area contributed by atoms with Gasteiger partial charge in [-0.05, 0) is 11.6 Å². The molecule has 0 aromatic heterocycles. The topological polar surface area (TPSA) is 45.4 Å². The molecule has 0 aliphatic carbocycles. The average molecular weight is 297 g/mol. The van der Waals surface area contributed by atoms with Gasteiger partial charge in [-0.15, -0.1) is 11.8 Å². The summed E-state index contributed by atoms with van der Waals surface area (Å²) in [5.41, 5.74) is 1.22. The number of benzene rings is 1. The Bertz CT molecular complexity index is 456. The van der Waals surface area contributed by atoms with Crippen LogP contribution in [-0.2, 0) is 10.6 Å². The fraction of sp³-hybridized carbons (Fsp3) is 0.273. The van der Waals surface area contributed by atoms with Gasteiger partial charge in [0.05, 0.1) is 6.42 Å². The van der Waals surface area contributed by atoms with Crippen LogP contribution < -0.4 is 0 Å². The highest BCUT2D eigenvalue weighted by Crippen LogP contribution is 2.25. The number of rotatable bonds is 2. The highest BCUT2D eigenvalue weighted by molar-refractivity contribution is 9.10. The molecule has 1 aliphatic heterocycles. The summed E-state index contributed by atoms with van der Waals surface area (Å²) in [6, 6.07) is 10.1. The molecule has 0 radical (unpaired) electrons. The molecule has 1 heterocycles. The van der Waals surface area contributed by atoms with Crippen molar-refractivity contribution in [3.63, 3.8) is 0 Å². The predicted octanol–water partition coefficient (Wildman–Crippen LogP) is 3.31. The molecule has 0 saturated heterocycles. The van der Waals surface area contributed by atoms with E-state index in [0.717, 1.165) is 15.3 Å². The molecule has 82 valence electrons. The summed E-state index contributed by atoms with van der Waals surface area (Å²) in [4.78, 5) is 4.93. The summed E-state index contributed by atoms with van der Waals surface area (Å²) in [6.07, 6.45) is 0.202. The molecule has 1 unspecified atom stereocenters. The van der Waals surface area contributed by atoms with Crippen molar-refractivity contribution in [2.45, 2.75) is 18.3 Å². The first kappa shape index (κ1) is 11.5. The van der Waals surface area contributed by atoms with E-state index in [9.17, 15) is 0 Å². The fourth-order valence-electron chi connectivity index (χ4n) is 1.29. The highest BCUT2D eigenvalue weighted by Gasteiger charge is 2.20. The number of hydrogen-bond acceptors (Lipinski definition) is 4. The zero-order valence-corrected chi connectivity index (χ0v) is 10.8. The van der Waals surface area contributed by atoms with Crippen molar-refractivity contribution in [1.82, 2.24) is 0 Å². The second kappa shape index (κ2) is 5.37. The number of thioether (sulfide) groups is 1. The van der Waals surface area contributed by atoms with Gasteiger partial charge in [-0.3, -0.25) is 0 Å². The number of oxime groups is 1. The highest BCUT2D eigenvalue weighted by atomic mass is 79.9. The molecular formula is C11H9BrN2OS. The van der Waals surface area contributed by atoms with E-state index in [1.165, 1.54) is 5.56 Å². The van der Waals surface area contributed by atoms with E-state index < -0.39 is 6.10 Å². The fourth-order valence-corrected chi connectivity index (χ4v) is 2.84. The van der Waals surface area contributed by atoms with Crippen LogP contribution in [0.4, 0.5) is 0 Å². The molecule has 1 atom stereocenters. The van der Waals surface area contributed by atoms with Gasteiger partial charge >= 0.3 is 0 Å². The number of nitriles is 1. The van der Waals surface area contributed by atoms with E-state index in [4.69, 9.17) is 10.1 Å². The second-order valence-corrected chi connectivity index (χ2v) is 5.20. The molecule has 0 spiro atoms. The average Bonchev–Trinajstić information content (AvgIpc) is 2.76. The summed E-state index contributed by atoms with van der Waals surface area (Å²) < 4.78 is 1.10. The molecule has 0 bridgehead atoms. The Morgan fingerprint density at radius 1 is 1.56 bits per heavy atom. The number of hydrogen-bond donors (Lipinski definition) is 0. The molecule has 1 aliphatic rings. The summed E-state index contributed by atoms with van der Waals surface area (Å²) in [7, 11) is 0. The van der Waals surface area contributed by atoms with Crippen LogP contribution in [0.1, 0.15) is 12.0 Å². The molecule has 3 nitrogen and oxygen atoms in total. The molecule has 16 heavy (non-hydrogen) atoms. The summed E-state index contributed by atoms with van der Waals surface area (Å²) in [6.45, 7) is 0. The standard InChI is InChI=1S/C11H9BrN2OS/c12-10-4-2-1-3-8(10)7-16-11-5-9(6-13)15-14-11/h1-4,9H,5,7H2. The number of nitrogens with zero attached hydrogens (tertiary/aromatic N) is 2. The molecule has 0 saturated carbocycles. The zero-order valence-electron chi connectivity index (χ0n) is 8.39. The lowest BCUT2D eigenvalue weighted by Crippen LogP contribution is -2.02. The van der Waals surface area contributed by atoms with Crippen LogP contribution in [0.25, 0.3) is 0 Å². The van der Waals surface area contributed by atoms with Gasteiger partial charge in [0.25, 0.3) is 0 Å². The second-order valence-electron chi connectivity index (χ2n) is 3.29. The lowest BCUT2D eigenvalue weighted by molar-refractivity contribution is 0.125. The monoisotopic (exact) mass is 296 g/mol.